The van der Waals surface area contributed by atoms with Gasteiger partial charge in [-0.1, -0.05) is 6.58 Å². The number of hydrogen-bond acceptors (Lipinski definition) is 1. The normalized spacial score (nSPS) is 4.00. The van der Waals surface area contributed by atoms with Gasteiger partial charge in [-0.15, -0.1) is 0 Å². The molecule has 0 aliphatic carbocycles. The molecule has 0 heterocycles. The molecule has 44 valence electrons. The molecule has 0 radical (unpaired) electrons. The molecule has 2 nitrogen and oxygen atoms in total. The van der Waals surface area contributed by atoms with Crippen LogP contribution in [0, 0.1) is 0 Å². The first-order valence-corrected chi connectivity index (χ1v) is 1.12. The van der Waals surface area contributed by atoms with Crippen molar-refractivity contribution in [1.29, 1.82) is 0 Å². The third-order valence-corrected chi connectivity index (χ3v) is 0.175. The van der Waals surface area contributed by atoms with Gasteiger partial charge in [0.2, 0.25) is 0 Å². The summed E-state index contributed by atoms with van der Waals surface area (Å²) in [5, 5.41) is 7.60. The smallest absolute Gasteiger partial charge is 1.00 e. The first-order chi connectivity index (χ1) is 2.27. The van der Waals surface area contributed by atoms with Gasteiger partial charge in [-0.25, -0.2) is 4.79 Å². The van der Waals surface area contributed by atoms with Gasteiger partial charge in [-0.05, 0) is 0 Å². The van der Waals surface area contributed by atoms with Crippen LogP contribution >= 0.6 is 0 Å². The van der Waals surface area contributed by atoms with Gasteiger partial charge in [0, 0.05) is 6.08 Å². The van der Waals surface area contributed by atoms with Crippen LogP contribution in [0.15, 0.2) is 12.7 Å². The number of aliphatic carboxylic acids is 1. The fourth-order valence-electron chi connectivity index (χ4n) is 0. The van der Waals surface area contributed by atoms with Crippen molar-refractivity contribution >= 4 is 43.7 Å². The van der Waals surface area contributed by atoms with Crippen molar-refractivity contribution in [3.63, 3.8) is 0 Å². The van der Waals surface area contributed by atoms with Gasteiger partial charge in [0.15, 0.2) is 0 Å². The van der Waals surface area contributed by atoms with E-state index in [4.69, 9.17) is 5.11 Å². The van der Waals surface area contributed by atoms with Gasteiger partial charge in [0.05, 0.1) is 0 Å². The third-order valence-electron chi connectivity index (χ3n) is 0.175. The Bertz CT molecular complexity index is 66.3. The molecule has 0 bridgehead atoms. The molecule has 0 saturated carbocycles. The summed E-state index contributed by atoms with van der Waals surface area (Å²) in [6.07, 6.45) is 0.833. The Morgan fingerprint density at radius 1 is 1.50 bits per heavy atom. The van der Waals surface area contributed by atoms with Crippen LogP contribution in [0.3, 0.4) is 0 Å². The van der Waals surface area contributed by atoms with Gasteiger partial charge in [0.1, 0.15) is 0 Å². The minimum absolute atomic E-state index is 0. The predicted octanol–water partition coefficient (Wildman–Crippen LogP) is -6.12. The molecule has 0 aromatic heterocycles. The zero-order chi connectivity index (χ0) is 4.28. The largest absolute Gasteiger partial charge is 2.00 e. The summed E-state index contributed by atoms with van der Waals surface area (Å²) in [6, 6.07) is 0. The van der Waals surface area contributed by atoms with Crippen molar-refractivity contribution in [2.24, 2.45) is 0 Å². The van der Waals surface area contributed by atoms with Crippen LogP contribution in [0.4, 0.5) is 0 Å². The molecule has 0 saturated heterocycles. The maximum atomic E-state index is 9.25. The quantitative estimate of drug-likeness (QED) is 0.298. The molecule has 0 amide bonds. The van der Waals surface area contributed by atoms with Gasteiger partial charge < -0.3 is 14.5 Å². The number of carbonyl (C=O) groups is 1. The molecule has 0 aromatic carbocycles. The number of halogens is 2. The zero-order valence-electron chi connectivity index (χ0n) is 4.10. The van der Waals surface area contributed by atoms with E-state index in [1.165, 1.54) is 0 Å². The second-order valence-corrected chi connectivity index (χ2v) is 0.542. The average Bonchev–Trinajstić information content (AvgIpc) is 1.38. The Morgan fingerprint density at radius 2 is 1.62 bits per heavy atom. The Labute approximate surface area is 75.3 Å². The van der Waals surface area contributed by atoms with Gasteiger partial charge in [0.25, 0.3) is 0 Å². The molecule has 0 rings (SSSR count). The zero-order valence-corrected chi connectivity index (χ0v) is 6.31. The first kappa shape index (κ1) is 23.9. The fourth-order valence-corrected chi connectivity index (χ4v) is 0. The maximum Gasteiger partial charge on any atom is 2.00 e. The Balaban J connectivity index is -0.0000000267. The maximum absolute atomic E-state index is 9.25. The molecule has 0 fully saturated rings. The van der Waals surface area contributed by atoms with Crippen LogP contribution in [0.25, 0.3) is 0 Å². The van der Waals surface area contributed by atoms with Crippen LogP contribution in [-0.2, 0) is 4.79 Å². The molecule has 1 N–H and O–H groups in total. The fraction of sp³-hybridized carbons (Fsp3) is 0. The number of rotatable bonds is 1. The Hall–Kier alpha value is 0.330. The Kier molecular flexibility index (Phi) is 46.7. The van der Waals surface area contributed by atoms with E-state index in [9.17, 15) is 4.79 Å². The van der Waals surface area contributed by atoms with Crippen molar-refractivity contribution in [1.82, 2.24) is 0 Å². The molecule has 0 aliphatic rings. The van der Waals surface area contributed by atoms with Crippen molar-refractivity contribution in [3.8, 4) is 0 Å². The van der Waals surface area contributed by atoms with Crippen molar-refractivity contribution < 1.29 is 19.3 Å². The summed E-state index contributed by atoms with van der Waals surface area (Å²) in [6.45, 7) is 2.96. The minimum atomic E-state index is -0.981. The van der Waals surface area contributed by atoms with E-state index in [-0.39, 0.29) is 47.1 Å². The molecule has 0 atom stereocenters. The van der Waals surface area contributed by atoms with Crippen LogP contribution in [0.1, 0.15) is 0 Å². The second-order valence-electron chi connectivity index (χ2n) is 0.542. The van der Waals surface area contributed by atoms with E-state index < -0.39 is 5.97 Å². The van der Waals surface area contributed by atoms with Gasteiger partial charge >= 0.3 is 43.7 Å². The first-order valence-electron chi connectivity index (χ1n) is 1.12. The van der Waals surface area contributed by atoms with Crippen LogP contribution in [-0.4, -0.2) is 48.8 Å². The van der Waals surface area contributed by atoms with Crippen LogP contribution in [0.5, 0.6) is 0 Å². The summed E-state index contributed by atoms with van der Waals surface area (Å²) >= 11 is 0. The summed E-state index contributed by atoms with van der Waals surface area (Å²) in [4.78, 5) is 9.25. The second kappa shape index (κ2) is 15.7. The third kappa shape index (κ3) is 33.1. The molecule has 8 heavy (non-hydrogen) atoms. The van der Waals surface area contributed by atoms with Gasteiger partial charge in [-0.3, -0.25) is 0 Å². The number of hydrogen-bond donors (Lipinski definition) is 1. The van der Waals surface area contributed by atoms with Crippen LogP contribution in [0.2, 0.25) is 0 Å². The molecule has 0 unspecified atom stereocenters. The van der Waals surface area contributed by atoms with E-state index in [1.807, 2.05) is 0 Å². The molecule has 0 aliphatic heterocycles. The summed E-state index contributed by atoms with van der Waals surface area (Å²) in [5.41, 5.74) is 0. The summed E-state index contributed by atoms with van der Waals surface area (Å²) in [7, 11) is 0. The van der Waals surface area contributed by atoms with E-state index in [1.54, 1.807) is 0 Å². The monoisotopic (exact) mass is 150 g/mol. The van der Waals surface area contributed by atoms with E-state index in [2.05, 4.69) is 6.58 Å². The van der Waals surface area contributed by atoms with E-state index >= 15 is 0 Å². The minimum Gasteiger partial charge on any atom is -1.00 e. The molecule has 5 heteroatoms. The van der Waals surface area contributed by atoms with E-state index in [0.717, 1.165) is 6.08 Å². The Morgan fingerprint density at radius 3 is 1.62 bits per heavy atom. The van der Waals surface area contributed by atoms with Crippen LogP contribution < -0.4 is 9.41 Å². The SMILES string of the molecule is C=CC(=O)O.[Ca+2].[F-].[F-]. The number of carboxylic acids is 1. The predicted molar refractivity (Wildman–Crippen MR) is 23.6 cm³/mol. The van der Waals surface area contributed by atoms with Gasteiger partial charge in [-0.2, -0.15) is 0 Å². The molecular formula is C3H4CaF2O2. The molecular weight excluding hydrogens is 146 g/mol. The summed E-state index contributed by atoms with van der Waals surface area (Å²) < 4.78 is 0. The molecule has 0 aromatic rings. The average molecular weight is 150 g/mol. The van der Waals surface area contributed by atoms with Crippen molar-refractivity contribution in [3.05, 3.63) is 12.7 Å². The summed E-state index contributed by atoms with van der Waals surface area (Å²) in [5.74, 6) is -0.981. The standard InChI is InChI=1S/C3H4O2.Ca.2FH/c1-2-3(4)5;;;/h2H,1H2,(H,4,5);;2*1H/q;+2;;/p-2. The number of carboxylic acid groups (broad SMARTS) is 1. The van der Waals surface area contributed by atoms with Crippen molar-refractivity contribution in [2.45, 2.75) is 0 Å². The topological polar surface area (TPSA) is 37.3 Å². The molecule has 0 spiro atoms. The van der Waals surface area contributed by atoms with E-state index in [0.29, 0.717) is 0 Å². The van der Waals surface area contributed by atoms with Crippen molar-refractivity contribution in [2.75, 3.05) is 0 Å².